The molecule has 4 rings (SSSR count). The summed E-state index contributed by atoms with van der Waals surface area (Å²) in [4.78, 5) is 26.7. The number of carbonyl (C=O) groups is 2. The highest BCUT2D eigenvalue weighted by molar-refractivity contribution is 5.98. The van der Waals surface area contributed by atoms with Crippen LogP contribution in [0.5, 0.6) is 0 Å². The summed E-state index contributed by atoms with van der Waals surface area (Å²) < 4.78 is 19.6. The fourth-order valence-corrected chi connectivity index (χ4v) is 3.81. The molecule has 3 aromatic rings. The molecule has 1 saturated heterocycles. The Labute approximate surface area is 191 Å². The van der Waals surface area contributed by atoms with Crippen molar-refractivity contribution in [1.82, 2.24) is 0 Å². The molecule has 0 radical (unpaired) electrons. The lowest BCUT2D eigenvalue weighted by atomic mass is 10.0. The van der Waals surface area contributed by atoms with E-state index in [0.717, 1.165) is 16.8 Å². The first-order valence-corrected chi connectivity index (χ1v) is 10.6. The lowest BCUT2D eigenvalue weighted by molar-refractivity contribution is -0.117. The zero-order valence-corrected chi connectivity index (χ0v) is 18.2. The second-order valence-corrected chi connectivity index (χ2v) is 7.76. The molecule has 1 aliphatic rings. The van der Waals surface area contributed by atoms with Crippen LogP contribution in [0.15, 0.2) is 66.7 Å². The van der Waals surface area contributed by atoms with Gasteiger partial charge < -0.3 is 21.1 Å². The summed E-state index contributed by atoms with van der Waals surface area (Å²) in [7, 11) is 0. The van der Waals surface area contributed by atoms with Gasteiger partial charge in [-0.05, 0) is 54.4 Å². The average molecular weight is 448 g/mol. The third kappa shape index (κ3) is 4.96. The van der Waals surface area contributed by atoms with Gasteiger partial charge in [-0.3, -0.25) is 9.69 Å². The lowest BCUT2D eigenvalue weighted by Gasteiger charge is -2.22. The van der Waals surface area contributed by atoms with Crippen molar-refractivity contribution in [3.63, 3.8) is 0 Å². The Bertz CT molecular complexity index is 1180. The molecule has 2 amide bonds. The molecule has 7 nitrogen and oxygen atoms in total. The molecular weight excluding hydrogens is 423 g/mol. The molecule has 1 heterocycles. The van der Waals surface area contributed by atoms with E-state index < -0.39 is 23.9 Å². The van der Waals surface area contributed by atoms with Crippen LogP contribution in [-0.4, -0.2) is 25.2 Å². The number of carbonyl (C=O) groups excluding carboxylic acids is 2. The van der Waals surface area contributed by atoms with E-state index in [-0.39, 0.29) is 5.56 Å². The number of anilines is 3. The van der Waals surface area contributed by atoms with E-state index in [2.05, 4.69) is 10.6 Å². The number of nitrogens with two attached hydrogens (primary N) is 1. The summed E-state index contributed by atoms with van der Waals surface area (Å²) >= 11 is 0. The van der Waals surface area contributed by atoms with Crippen molar-refractivity contribution in [2.24, 2.45) is 5.73 Å². The monoisotopic (exact) mass is 448 g/mol. The quantitative estimate of drug-likeness (QED) is 0.500. The van der Waals surface area contributed by atoms with Crippen molar-refractivity contribution < 1.29 is 18.7 Å². The molecule has 3 aromatic carbocycles. The van der Waals surface area contributed by atoms with Crippen molar-refractivity contribution >= 4 is 29.1 Å². The van der Waals surface area contributed by atoms with Gasteiger partial charge in [0.25, 0.3) is 5.91 Å². The van der Waals surface area contributed by atoms with Crippen molar-refractivity contribution in [2.45, 2.75) is 19.5 Å². The molecule has 0 spiro atoms. The van der Waals surface area contributed by atoms with Crippen LogP contribution in [0.3, 0.4) is 0 Å². The van der Waals surface area contributed by atoms with Gasteiger partial charge in [-0.2, -0.15) is 0 Å². The van der Waals surface area contributed by atoms with E-state index in [9.17, 15) is 14.0 Å². The van der Waals surface area contributed by atoms with Crippen molar-refractivity contribution in [2.75, 3.05) is 28.7 Å². The zero-order chi connectivity index (χ0) is 23.4. The summed E-state index contributed by atoms with van der Waals surface area (Å²) in [5, 5.41) is 5.99. The number of hydrogen-bond acceptors (Lipinski definition) is 5. The molecule has 0 aliphatic carbocycles. The maximum Gasteiger partial charge on any atom is 0.414 e. The summed E-state index contributed by atoms with van der Waals surface area (Å²) in [6.07, 6.45) is -0.390. The highest BCUT2D eigenvalue weighted by Crippen LogP contribution is 2.28. The minimum absolute atomic E-state index is 0.223. The third-order valence-electron chi connectivity index (χ3n) is 5.47. The van der Waals surface area contributed by atoms with Crippen molar-refractivity contribution in [3.8, 4) is 0 Å². The first kappa shape index (κ1) is 22.3. The van der Waals surface area contributed by atoms with E-state index in [1.165, 1.54) is 6.07 Å². The number of ether oxygens (including phenoxy) is 1. The second-order valence-electron chi connectivity index (χ2n) is 7.76. The first-order chi connectivity index (χ1) is 16.0. The third-order valence-corrected chi connectivity index (χ3v) is 5.47. The maximum atomic E-state index is 14.6. The number of amides is 2. The van der Waals surface area contributed by atoms with Gasteiger partial charge in [0.05, 0.1) is 12.2 Å². The molecule has 4 N–H and O–H groups in total. The van der Waals surface area contributed by atoms with Crippen LogP contribution < -0.4 is 21.3 Å². The number of rotatable bonds is 7. The number of aryl methyl sites for hydroxylation is 1. The Kier molecular flexibility index (Phi) is 6.55. The van der Waals surface area contributed by atoms with Gasteiger partial charge in [0, 0.05) is 23.5 Å². The Hall–Kier alpha value is -3.91. The Balaban J connectivity index is 1.59. The van der Waals surface area contributed by atoms with Crippen LogP contribution in [0.25, 0.3) is 0 Å². The minimum atomic E-state index is -0.979. The molecular formula is C25H25FN4O3. The van der Waals surface area contributed by atoms with E-state index in [1.807, 2.05) is 25.1 Å². The largest absolute Gasteiger partial charge is 0.447 e. The number of cyclic esters (lactones) is 1. The maximum absolute atomic E-state index is 14.6. The summed E-state index contributed by atoms with van der Waals surface area (Å²) in [5.41, 5.74) is 9.55. The molecule has 170 valence electrons. The van der Waals surface area contributed by atoms with Gasteiger partial charge in [-0.15, -0.1) is 0 Å². The predicted molar refractivity (Wildman–Crippen MR) is 126 cm³/mol. The number of halogens is 1. The average Bonchev–Trinajstić information content (AvgIpc) is 3.24. The summed E-state index contributed by atoms with van der Waals surface area (Å²) in [6, 6.07) is 17.7. The molecule has 1 fully saturated rings. The topological polar surface area (TPSA) is 96.7 Å². The number of nitrogens with zero attached hydrogens (tertiary/aromatic N) is 1. The standard InChI is InChI=1S/C25H25FN4O3/c1-16-13-19(9-10-22(16)30-11-12-33-25(30)32)29-24(31)23(20-7-2-3-8-21(20)26)28-18-6-4-5-17(14-18)15-27/h2-10,13-14,23,28H,11-12,15,27H2,1H3,(H,29,31). The van der Waals surface area contributed by atoms with Gasteiger partial charge in [-0.25, -0.2) is 9.18 Å². The SMILES string of the molecule is Cc1cc(NC(=O)C(Nc2cccc(CN)c2)c2ccccc2F)ccc1N1CCOC1=O. The van der Waals surface area contributed by atoms with Gasteiger partial charge >= 0.3 is 6.09 Å². The minimum Gasteiger partial charge on any atom is -0.447 e. The van der Waals surface area contributed by atoms with Crippen LogP contribution in [0.2, 0.25) is 0 Å². The summed E-state index contributed by atoms with van der Waals surface area (Å²) in [5.74, 6) is -0.912. The molecule has 0 aromatic heterocycles. The van der Waals surface area contributed by atoms with Crippen LogP contribution >= 0.6 is 0 Å². The lowest BCUT2D eigenvalue weighted by Crippen LogP contribution is -2.28. The van der Waals surface area contributed by atoms with Crippen LogP contribution in [0.1, 0.15) is 22.7 Å². The fraction of sp³-hybridized carbons (Fsp3) is 0.200. The Morgan fingerprint density at radius 3 is 2.64 bits per heavy atom. The van der Waals surface area contributed by atoms with Gasteiger partial charge in [0.1, 0.15) is 18.5 Å². The molecule has 8 heteroatoms. The number of hydrogen-bond donors (Lipinski definition) is 3. The summed E-state index contributed by atoms with van der Waals surface area (Å²) in [6.45, 7) is 3.02. The van der Waals surface area contributed by atoms with E-state index >= 15 is 0 Å². The van der Waals surface area contributed by atoms with Crippen LogP contribution in [0.4, 0.5) is 26.2 Å². The predicted octanol–water partition coefficient (Wildman–Crippen LogP) is 4.34. The Morgan fingerprint density at radius 2 is 1.94 bits per heavy atom. The van der Waals surface area contributed by atoms with Crippen LogP contribution in [-0.2, 0) is 16.1 Å². The van der Waals surface area contributed by atoms with Gasteiger partial charge in [0.2, 0.25) is 0 Å². The molecule has 0 saturated carbocycles. The fourth-order valence-electron chi connectivity index (χ4n) is 3.81. The highest BCUT2D eigenvalue weighted by atomic mass is 19.1. The molecule has 33 heavy (non-hydrogen) atoms. The molecule has 1 aliphatic heterocycles. The van der Waals surface area contributed by atoms with Gasteiger partial charge in [-0.1, -0.05) is 30.3 Å². The zero-order valence-electron chi connectivity index (χ0n) is 18.2. The smallest absolute Gasteiger partial charge is 0.414 e. The van der Waals surface area contributed by atoms with E-state index in [0.29, 0.717) is 31.1 Å². The molecule has 1 atom stereocenters. The normalized spacial score (nSPS) is 14.0. The Morgan fingerprint density at radius 1 is 1.12 bits per heavy atom. The second kappa shape index (κ2) is 9.70. The van der Waals surface area contributed by atoms with Crippen LogP contribution in [0, 0.1) is 12.7 Å². The van der Waals surface area contributed by atoms with E-state index in [1.54, 1.807) is 47.4 Å². The highest BCUT2D eigenvalue weighted by Gasteiger charge is 2.26. The number of nitrogens with one attached hydrogen (secondary N) is 2. The van der Waals surface area contributed by atoms with Crippen molar-refractivity contribution in [1.29, 1.82) is 0 Å². The first-order valence-electron chi connectivity index (χ1n) is 10.6. The molecule has 0 bridgehead atoms. The van der Waals surface area contributed by atoms with Crippen molar-refractivity contribution in [3.05, 3.63) is 89.2 Å². The van der Waals surface area contributed by atoms with Gasteiger partial charge in [0.15, 0.2) is 0 Å². The van der Waals surface area contributed by atoms with E-state index in [4.69, 9.17) is 10.5 Å². The number of benzene rings is 3. The molecule has 1 unspecified atom stereocenters.